The highest BCUT2D eigenvalue weighted by Crippen LogP contribution is 2.23. The Kier molecular flexibility index (Phi) is 6.84. The number of nitrogens with one attached hydrogen (secondary N) is 2. The third-order valence-corrected chi connectivity index (χ3v) is 3.66. The van der Waals surface area contributed by atoms with Gasteiger partial charge in [0.15, 0.2) is 0 Å². The molecule has 0 aliphatic heterocycles. The van der Waals surface area contributed by atoms with Crippen molar-refractivity contribution in [1.82, 2.24) is 5.32 Å². The van der Waals surface area contributed by atoms with E-state index in [9.17, 15) is 9.59 Å². The average Bonchev–Trinajstić information content (AvgIpc) is 2.41. The fraction of sp³-hybridized carbons (Fsp3) is 0.467. The third kappa shape index (κ3) is 5.47. The monoisotopic (exact) mass is 356 g/mol. The first kappa shape index (κ1) is 17.7. The van der Waals surface area contributed by atoms with Gasteiger partial charge in [0.25, 0.3) is 0 Å². The van der Waals surface area contributed by atoms with E-state index >= 15 is 0 Å². The molecule has 0 heterocycles. The van der Waals surface area contributed by atoms with Gasteiger partial charge in [-0.2, -0.15) is 0 Å². The number of carbonyl (C=O) groups is 2. The summed E-state index contributed by atoms with van der Waals surface area (Å²) in [6.07, 6.45) is 0. The highest BCUT2D eigenvalue weighted by Gasteiger charge is 2.23. The number of rotatable bonds is 6. The van der Waals surface area contributed by atoms with Crippen LogP contribution in [-0.2, 0) is 14.3 Å². The van der Waals surface area contributed by atoms with Crippen molar-refractivity contribution in [2.45, 2.75) is 26.8 Å². The van der Waals surface area contributed by atoms with Crippen LogP contribution in [0.1, 0.15) is 19.4 Å². The predicted octanol–water partition coefficient (Wildman–Crippen LogP) is 2.48. The van der Waals surface area contributed by atoms with Crippen molar-refractivity contribution in [3.05, 3.63) is 28.2 Å². The summed E-state index contributed by atoms with van der Waals surface area (Å²) in [6, 6.07) is 5.17. The molecule has 0 saturated carbocycles. The maximum absolute atomic E-state index is 11.9. The number of hydrogen-bond donors (Lipinski definition) is 2. The lowest BCUT2D eigenvalue weighted by Crippen LogP contribution is -2.45. The van der Waals surface area contributed by atoms with Gasteiger partial charge in [-0.05, 0) is 46.5 Å². The zero-order valence-electron chi connectivity index (χ0n) is 12.7. The second kappa shape index (κ2) is 8.14. The minimum atomic E-state index is -0.498. The second-order valence-electron chi connectivity index (χ2n) is 5.16. The number of aryl methyl sites for hydroxylation is 1. The second-order valence-corrected chi connectivity index (χ2v) is 6.01. The summed E-state index contributed by atoms with van der Waals surface area (Å²) in [4.78, 5) is 23.5. The molecule has 116 valence electrons. The van der Waals surface area contributed by atoms with Crippen molar-refractivity contribution < 1.29 is 14.3 Å². The maximum Gasteiger partial charge on any atom is 0.323 e. The zero-order valence-corrected chi connectivity index (χ0v) is 14.3. The van der Waals surface area contributed by atoms with E-state index in [1.54, 1.807) is 0 Å². The molecule has 0 aliphatic rings. The highest BCUT2D eigenvalue weighted by molar-refractivity contribution is 9.10. The number of hydrogen-bond acceptors (Lipinski definition) is 4. The first-order chi connectivity index (χ1) is 9.85. The number of methoxy groups -OCH3 is 1. The van der Waals surface area contributed by atoms with Gasteiger partial charge in [0.05, 0.1) is 19.3 Å². The number of carbonyl (C=O) groups excluding carboxylic acids is 2. The summed E-state index contributed by atoms with van der Waals surface area (Å²) < 4.78 is 5.54. The van der Waals surface area contributed by atoms with Crippen LogP contribution in [0.2, 0.25) is 0 Å². The number of halogens is 1. The standard InChI is InChI=1S/C15H21BrN2O3/c1-9(2)14(15(20)21-4)17-8-13(19)18-12-6-5-10(3)7-11(12)16/h5-7,9,14,17H,8H2,1-4H3,(H,18,19). The summed E-state index contributed by atoms with van der Waals surface area (Å²) in [6.45, 7) is 5.80. The molecule has 0 radical (unpaired) electrons. The average molecular weight is 357 g/mol. The molecule has 0 fully saturated rings. The normalized spacial score (nSPS) is 12.1. The summed E-state index contributed by atoms with van der Waals surface area (Å²) in [7, 11) is 1.34. The van der Waals surface area contributed by atoms with Crippen LogP contribution in [0, 0.1) is 12.8 Å². The van der Waals surface area contributed by atoms with Gasteiger partial charge in [-0.1, -0.05) is 19.9 Å². The molecule has 0 aliphatic carbocycles. The molecule has 2 N–H and O–H groups in total. The van der Waals surface area contributed by atoms with Gasteiger partial charge < -0.3 is 10.1 Å². The Morgan fingerprint density at radius 1 is 1.33 bits per heavy atom. The molecule has 1 atom stereocenters. The Labute approximate surface area is 133 Å². The van der Waals surface area contributed by atoms with Crippen LogP contribution in [0.3, 0.4) is 0 Å². The topological polar surface area (TPSA) is 67.4 Å². The van der Waals surface area contributed by atoms with Crippen LogP contribution in [0.15, 0.2) is 22.7 Å². The lowest BCUT2D eigenvalue weighted by molar-refractivity contribution is -0.144. The summed E-state index contributed by atoms with van der Waals surface area (Å²) >= 11 is 3.40. The molecule has 5 nitrogen and oxygen atoms in total. The van der Waals surface area contributed by atoms with Crippen LogP contribution < -0.4 is 10.6 Å². The van der Waals surface area contributed by atoms with Crippen LogP contribution in [0.5, 0.6) is 0 Å². The van der Waals surface area contributed by atoms with Crippen molar-refractivity contribution in [2.24, 2.45) is 5.92 Å². The number of esters is 1. The van der Waals surface area contributed by atoms with Crippen molar-refractivity contribution in [2.75, 3.05) is 19.0 Å². The van der Waals surface area contributed by atoms with Crippen LogP contribution in [0.4, 0.5) is 5.69 Å². The largest absolute Gasteiger partial charge is 0.468 e. The van der Waals surface area contributed by atoms with Crippen molar-refractivity contribution in [1.29, 1.82) is 0 Å². The Hall–Kier alpha value is -1.40. The molecule has 1 unspecified atom stereocenters. The lowest BCUT2D eigenvalue weighted by atomic mass is 10.0. The molecule has 1 aromatic rings. The summed E-state index contributed by atoms with van der Waals surface area (Å²) in [5, 5.41) is 5.71. The SMILES string of the molecule is COC(=O)C(NCC(=O)Nc1ccc(C)cc1Br)C(C)C. The van der Waals surface area contributed by atoms with E-state index in [0.717, 1.165) is 10.0 Å². The Morgan fingerprint density at radius 3 is 2.52 bits per heavy atom. The fourth-order valence-corrected chi connectivity index (χ4v) is 2.43. The molecule has 0 spiro atoms. The molecule has 1 aromatic carbocycles. The van der Waals surface area contributed by atoms with Gasteiger partial charge in [0.1, 0.15) is 6.04 Å². The Morgan fingerprint density at radius 2 is 2.00 bits per heavy atom. The van der Waals surface area contributed by atoms with Crippen molar-refractivity contribution in [3.8, 4) is 0 Å². The van der Waals surface area contributed by atoms with Gasteiger partial charge in [-0.3, -0.25) is 14.9 Å². The molecular formula is C15H21BrN2O3. The molecule has 0 aromatic heterocycles. The molecule has 21 heavy (non-hydrogen) atoms. The van der Waals surface area contributed by atoms with Crippen LogP contribution in [-0.4, -0.2) is 31.6 Å². The van der Waals surface area contributed by atoms with E-state index < -0.39 is 6.04 Å². The van der Waals surface area contributed by atoms with Gasteiger partial charge >= 0.3 is 5.97 Å². The smallest absolute Gasteiger partial charge is 0.323 e. The predicted molar refractivity (Wildman–Crippen MR) is 86.2 cm³/mol. The van der Waals surface area contributed by atoms with Gasteiger partial charge in [0, 0.05) is 4.47 Å². The third-order valence-electron chi connectivity index (χ3n) is 3.00. The molecule has 0 bridgehead atoms. The highest BCUT2D eigenvalue weighted by atomic mass is 79.9. The minimum absolute atomic E-state index is 0.0383. The Balaban J connectivity index is 2.59. The first-order valence-corrected chi connectivity index (χ1v) is 7.51. The first-order valence-electron chi connectivity index (χ1n) is 6.72. The quantitative estimate of drug-likeness (QED) is 0.768. The van der Waals surface area contributed by atoms with E-state index in [4.69, 9.17) is 4.74 Å². The van der Waals surface area contributed by atoms with Crippen molar-refractivity contribution in [3.63, 3.8) is 0 Å². The lowest BCUT2D eigenvalue weighted by Gasteiger charge is -2.19. The van der Waals surface area contributed by atoms with E-state index in [1.165, 1.54) is 7.11 Å². The van der Waals surface area contributed by atoms with Crippen molar-refractivity contribution >= 4 is 33.5 Å². The van der Waals surface area contributed by atoms with E-state index in [2.05, 4.69) is 26.6 Å². The number of anilines is 1. The van der Waals surface area contributed by atoms with Gasteiger partial charge in [-0.15, -0.1) is 0 Å². The molecule has 6 heteroatoms. The van der Waals surface area contributed by atoms with Crippen LogP contribution in [0.25, 0.3) is 0 Å². The van der Waals surface area contributed by atoms with Crippen LogP contribution >= 0.6 is 15.9 Å². The van der Waals surface area contributed by atoms with E-state index in [0.29, 0.717) is 5.69 Å². The molecule has 1 rings (SSSR count). The number of benzene rings is 1. The fourth-order valence-electron chi connectivity index (χ4n) is 1.84. The number of ether oxygens (including phenoxy) is 1. The maximum atomic E-state index is 11.9. The zero-order chi connectivity index (χ0) is 16.0. The van der Waals surface area contributed by atoms with E-state index in [-0.39, 0.29) is 24.3 Å². The number of amides is 1. The molecule has 1 amide bonds. The Bertz CT molecular complexity index is 518. The van der Waals surface area contributed by atoms with Gasteiger partial charge in [0.2, 0.25) is 5.91 Å². The summed E-state index contributed by atoms with van der Waals surface area (Å²) in [5.74, 6) is -0.542. The van der Waals surface area contributed by atoms with E-state index in [1.807, 2.05) is 39.0 Å². The minimum Gasteiger partial charge on any atom is -0.468 e. The molecule has 0 saturated heterocycles. The summed E-state index contributed by atoms with van der Waals surface area (Å²) in [5.41, 5.74) is 1.80. The van der Waals surface area contributed by atoms with Gasteiger partial charge in [-0.25, -0.2) is 0 Å². The molecular weight excluding hydrogens is 336 g/mol.